The fraction of sp³-hybridized carbons (Fsp3) is 0.0714. The van der Waals surface area contributed by atoms with Crippen molar-refractivity contribution in [3.8, 4) is 11.6 Å². The molecular weight excluding hydrogens is 273 g/mol. The third-order valence-electron chi connectivity index (χ3n) is 2.92. The number of rotatable bonds is 4. The van der Waals surface area contributed by atoms with Crippen molar-refractivity contribution in [3.05, 3.63) is 60.6 Å². The molecular formula is C14H12FN5O. The fourth-order valence-electron chi connectivity index (χ4n) is 1.89. The second-order valence-electron chi connectivity index (χ2n) is 4.35. The SMILES string of the molecule is Oc1ccc(CNc2cccnc2-n2cncn2)cc1F. The first-order chi connectivity index (χ1) is 10.2. The number of benzene rings is 1. The number of hydrogen-bond donors (Lipinski definition) is 2. The molecule has 0 fully saturated rings. The van der Waals surface area contributed by atoms with Crippen LogP contribution in [0.5, 0.6) is 5.75 Å². The molecule has 6 nitrogen and oxygen atoms in total. The van der Waals surface area contributed by atoms with E-state index in [4.69, 9.17) is 0 Å². The van der Waals surface area contributed by atoms with Crippen molar-refractivity contribution < 1.29 is 9.50 Å². The molecule has 3 aromatic rings. The predicted molar refractivity (Wildman–Crippen MR) is 74.5 cm³/mol. The molecule has 2 N–H and O–H groups in total. The first kappa shape index (κ1) is 13.0. The van der Waals surface area contributed by atoms with E-state index in [2.05, 4.69) is 20.4 Å². The Morgan fingerprint density at radius 1 is 1.29 bits per heavy atom. The van der Waals surface area contributed by atoms with Crippen molar-refractivity contribution >= 4 is 5.69 Å². The van der Waals surface area contributed by atoms with Crippen LogP contribution in [0.1, 0.15) is 5.56 Å². The smallest absolute Gasteiger partial charge is 0.178 e. The number of anilines is 1. The number of aromatic hydroxyl groups is 1. The summed E-state index contributed by atoms with van der Waals surface area (Å²) >= 11 is 0. The van der Waals surface area contributed by atoms with Crippen LogP contribution < -0.4 is 5.32 Å². The van der Waals surface area contributed by atoms with Crippen molar-refractivity contribution in [1.82, 2.24) is 19.7 Å². The molecule has 2 heterocycles. The van der Waals surface area contributed by atoms with Crippen LogP contribution in [-0.2, 0) is 6.54 Å². The quantitative estimate of drug-likeness (QED) is 0.768. The summed E-state index contributed by atoms with van der Waals surface area (Å²) in [5.74, 6) is -0.394. The van der Waals surface area contributed by atoms with Crippen molar-refractivity contribution in [3.63, 3.8) is 0 Å². The highest BCUT2D eigenvalue weighted by Gasteiger charge is 2.07. The largest absolute Gasteiger partial charge is 0.505 e. The highest BCUT2D eigenvalue weighted by atomic mass is 19.1. The van der Waals surface area contributed by atoms with Crippen molar-refractivity contribution in [2.75, 3.05) is 5.32 Å². The van der Waals surface area contributed by atoms with E-state index in [1.165, 1.54) is 18.5 Å². The molecule has 7 heteroatoms. The van der Waals surface area contributed by atoms with Gasteiger partial charge in [0.25, 0.3) is 0 Å². The van der Waals surface area contributed by atoms with E-state index in [-0.39, 0.29) is 5.75 Å². The average molecular weight is 285 g/mol. The lowest BCUT2D eigenvalue weighted by Gasteiger charge is -2.10. The molecule has 106 valence electrons. The van der Waals surface area contributed by atoms with Crippen LogP contribution in [0, 0.1) is 5.82 Å². The number of hydrogen-bond acceptors (Lipinski definition) is 5. The number of phenolic OH excluding ortho intramolecular Hbond substituents is 1. The van der Waals surface area contributed by atoms with Crippen molar-refractivity contribution in [2.45, 2.75) is 6.54 Å². The maximum Gasteiger partial charge on any atom is 0.178 e. The summed E-state index contributed by atoms with van der Waals surface area (Å²) in [6.45, 7) is 0.393. The molecule has 3 rings (SSSR count). The highest BCUT2D eigenvalue weighted by Crippen LogP contribution is 2.19. The van der Waals surface area contributed by atoms with Crippen LogP contribution >= 0.6 is 0 Å². The number of phenols is 1. The van der Waals surface area contributed by atoms with Gasteiger partial charge in [0, 0.05) is 12.7 Å². The third-order valence-corrected chi connectivity index (χ3v) is 2.92. The molecule has 0 aliphatic rings. The molecule has 2 aromatic heterocycles. The molecule has 0 aliphatic carbocycles. The molecule has 0 saturated carbocycles. The van der Waals surface area contributed by atoms with Gasteiger partial charge < -0.3 is 10.4 Å². The molecule has 0 bridgehead atoms. The third kappa shape index (κ3) is 2.81. The number of aromatic nitrogens is 4. The lowest BCUT2D eigenvalue weighted by atomic mass is 10.2. The number of halogens is 1. The minimum Gasteiger partial charge on any atom is -0.505 e. The van der Waals surface area contributed by atoms with Gasteiger partial charge in [0.15, 0.2) is 17.4 Å². The Bertz CT molecular complexity index is 745. The molecule has 0 spiro atoms. The Hall–Kier alpha value is -2.96. The zero-order valence-corrected chi connectivity index (χ0v) is 10.9. The monoisotopic (exact) mass is 285 g/mol. The van der Waals surface area contributed by atoms with E-state index >= 15 is 0 Å². The average Bonchev–Trinajstić information content (AvgIpc) is 3.03. The van der Waals surface area contributed by atoms with E-state index < -0.39 is 5.82 Å². The summed E-state index contributed by atoms with van der Waals surface area (Å²) in [7, 11) is 0. The Kier molecular flexibility index (Phi) is 3.46. The molecule has 0 atom stereocenters. The van der Waals surface area contributed by atoms with Crippen LogP contribution in [0.15, 0.2) is 49.2 Å². The van der Waals surface area contributed by atoms with Gasteiger partial charge in [-0.25, -0.2) is 19.0 Å². The van der Waals surface area contributed by atoms with Crippen LogP contribution in [0.3, 0.4) is 0 Å². The standard InChI is InChI=1S/C14H12FN5O/c15-11-6-10(3-4-13(11)21)7-18-12-2-1-5-17-14(12)20-9-16-8-19-20/h1-6,8-9,18,21H,7H2. The first-order valence-electron chi connectivity index (χ1n) is 6.25. The zero-order chi connectivity index (χ0) is 14.7. The second kappa shape index (κ2) is 5.58. The van der Waals surface area contributed by atoms with E-state index in [9.17, 15) is 9.50 Å². The molecule has 1 aromatic carbocycles. The summed E-state index contributed by atoms with van der Waals surface area (Å²) in [5, 5.41) is 16.4. The number of nitrogens with zero attached hydrogens (tertiary/aromatic N) is 4. The zero-order valence-electron chi connectivity index (χ0n) is 10.9. The van der Waals surface area contributed by atoms with E-state index in [0.29, 0.717) is 17.9 Å². The van der Waals surface area contributed by atoms with Gasteiger partial charge in [-0.15, -0.1) is 0 Å². The van der Waals surface area contributed by atoms with Gasteiger partial charge in [0.1, 0.15) is 12.7 Å². The summed E-state index contributed by atoms with van der Waals surface area (Å²) < 4.78 is 14.8. The van der Waals surface area contributed by atoms with Crippen LogP contribution in [0.25, 0.3) is 5.82 Å². The Morgan fingerprint density at radius 2 is 2.19 bits per heavy atom. The molecule has 0 unspecified atom stereocenters. The lowest BCUT2D eigenvalue weighted by molar-refractivity contribution is 0.432. The van der Waals surface area contributed by atoms with Gasteiger partial charge >= 0.3 is 0 Å². The van der Waals surface area contributed by atoms with Crippen LogP contribution in [0.4, 0.5) is 10.1 Å². The number of pyridine rings is 1. The molecule has 0 amide bonds. The van der Waals surface area contributed by atoms with Crippen molar-refractivity contribution in [2.24, 2.45) is 0 Å². The van der Waals surface area contributed by atoms with Gasteiger partial charge in [-0.3, -0.25) is 0 Å². The van der Waals surface area contributed by atoms with Crippen LogP contribution in [0.2, 0.25) is 0 Å². The molecule has 0 aliphatic heterocycles. The maximum atomic E-state index is 13.3. The minimum absolute atomic E-state index is 0.358. The topological polar surface area (TPSA) is 75.9 Å². The molecule has 21 heavy (non-hydrogen) atoms. The van der Waals surface area contributed by atoms with Gasteiger partial charge in [-0.05, 0) is 29.8 Å². The Labute approximate surface area is 119 Å². The lowest BCUT2D eigenvalue weighted by Crippen LogP contribution is -2.06. The number of nitrogens with one attached hydrogen (secondary N) is 1. The van der Waals surface area contributed by atoms with Gasteiger partial charge in [-0.2, -0.15) is 5.10 Å². The predicted octanol–water partition coefficient (Wildman–Crippen LogP) is 2.12. The maximum absolute atomic E-state index is 13.3. The van der Waals surface area contributed by atoms with Gasteiger partial charge in [-0.1, -0.05) is 6.07 Å². The summed E-state index contributed by atoms with van der Waals surface area (Å²) in [6, 6.07) is 7.90. The Morgan fingerprint density at radius 3 is 2.95 bits per heavy atom. The Balaban J connectivity index is 1.81. The van der Waals surface area contributed by atoms with Crippen LogP contribution in [-0.4, -0.2) is 24.9 Å². The second-order valence-corrected chi connectivity index (χ2v) is 4.35. The highest BCUT2D eigenvalue weighted by molar-refractivity contribution is 5.56. The summed E-state index contributed by atoms with van der Waals surface area (Å²) in [4.78, 5) is 8.13. The van der Waals surface area contributed by atoms with E-state index in [1.54, 1.807) is 29.3 Å². The first-order valence-corrected chi connectivity index (χ1v) is 6.25. The summed E-state index contributed by atoms with van der Waals surface area (Å²) in [5.41, 5.74) is 1.45. The fourth-order valence-corrected chi connectivity index (χ4v) is 1.89. The normalized spacial score (nSPS) is 10.5. The van der Waals surface area contributed by atoms with E-state index in [0.717, 1.165) is 5.69 Å². The molecule has 0 saturated heterocycles. The minimum atomic E-state index is -0.642. The van der Waals surface area contributed by atoms with E-state index in [1.807, 2.05) is 6.07 Å². The van der Waals surface area contributed by atoms with Gasteiger partial charge in [0.2, 0.25) is 0 Å². The van der Waals surface area contributed by atoms with Crippen molar-refractivity contribution in [1.29, 1.82) is 0 Å². The summed E-state index contributed by atoms with van der Waals surface area (Å²) in [6.07, 6.45) is 4.63. The molecule has 0 radical (unpaired) electrons. The van der Waals surface area contributed by atoms with Gasteiger partial charge in [0.05, 0.1) is 5.69 Å².